The number of fused-ring (bicyclic) bond motifs is 1. The maximum Gasteiger partial charge on any atom is 0.232 e. The normalized spacial score (nSPS) is 18.9. The summed E-state index contributed by atoms with van der Waals surface area (Å²) in [4.78, 5) is 29.2. The lowest BCUT2D eigenvalue weighted by Gasteiger charge is -2.37. The molecular weight excluding hydrogens is 463 g/mol. The largest absolute Gasteiger partial charge is 0.357 e. The molecule has 2 aliphatic rings. The molecule has 5 rings (SSSR count). The van der Waals surface area contributed by atoms with Gasteiger partial charge in [-0.2, -0.15) is 0 Å². The molecule has 1 amide bonds. The minimum Gasteiger partial charge on any atom is -0.357 e. The summed E-state index contributed by atoms with van der Waals surface area (Å²) < 4.78 is 15.5. The number of para-hydroxylation sites is 2. The second-order valence-electron chi connectivity index (χ2n) is 9.94. The van der Waals surface area contributed by atoms with Crippen LogP contribution in [0.3, 0.4) is 0 Å². The van der Waals surface area contributed by atoms with E-state index in [9.17, 15) is 9.59 Å². The van der Waals surface area contributed by atoms with Gasteiger partial charge in [-0.1, -0.05) is 74.0 Å². The molecule has 1 atom stereocenters. The Bertz CT molecular complexity index is 1330. The van der Waals surface area contributed by atoms with Gasteiger partial charge in [0.05, 0.1) is 23.8 Å². The van der Waals surface area contributed by atoms with Crippen molar-refractivity contribution in [2.45, 2.75) is 39.2 Å². The van der Waals surface area contributed by atoms with Gasteiger partial charge >= 0.3 is 0 Å². The number of rotatable bonds is 3. The zero-order valence-electron chi connectivity index (χ0n) is 19.6. The monoisotopic (exact) mass is 488 g/mol. The third-order valence-electron chi connectivity index (χ3n) is 6.64. The summed E-state index contributed by atoms with van der Waals surface area (Å²) in [6, 6.07) is 20.3. The second-order valence-corrected chi connectivity index (χ2v) is 10.3. The number of carbonyl (C=O) groups is 2. The Morgan fingerprint density at radius 1 is 1.03 bits per heavy atom. The molecule has 0 saturated heterocycles. The van der Waals surface area contributed by atoms with E-state index in [1.54, 1.807) is 11.0 Å². The number of anilines is 2. The predicted octanol–water partition coefficient (Wildman–Crippen LogP) is 6.86. The quantitative estimate of drug-likeness (QED) is 0.438. The van der Waals surface area contributed by atoms with E-state index in [4.69, 9.17) is 11.6 Å². The van der Waals surface area contributed by atoms with Crippen LogP contribution in [0.4, 0.5) is 15.8 Å². The molecule has 178 valence electrons. The maximum absolute atomic E-state index is 15.5. The first kappa shape index (κ1) is 23.3. The lowest BCUT2D eigenvalue weighted by atomic mass is 9.73. The molecule has 4 nitrogen and oxygen atoms in total. The average Bonchev–Trinajstić information content (AvgIpc) is 2.93. The number of hydrogen-bond acceptors (Lipinski definition) is 3. The molecule has 0 saturated carbocycles. The van der Waals surface area contributed by atoms with E-state index in [2.05, 4.69) is 5.32 Å². The molecule has 0 radical (unpaired) electrons. The Morgan fingerprint density at radius 3 is 2.49 bits per heavy atom. The van der Waals surface area contributed by atoms with Crippen LogP contribution in [0.2, 0.25) is 5.02 Å². The first-order valence-electron chi connectivity index (χ1n) is 11.7. The van der Waals surface area contributed by atoms with E-state index in [0.29, 0.717) is 35.5 Å². The van der Waals surface area contributed by atoms with Crippen molar-refractivity contribution in [1.29, 1.82) is 0 Å². The third kappa shape index (κ3) is 4.37. The fraction of sp³-hybridized carbons (Fsp3) is 0.241. The highest BCUT2D eigenvalue weighted by atomic mass is 35.5. The van der Waals surface area contributed by atoms with Gasteiger partial charge in [0, 0.05) is 28.3 Å². The van der Waals surface area contributed by atoms with Crippen molar-refractivity contribution in [2.75, 3.05) is 10.2 Å². The highest BCUT2D eigenvalue weighted by Gasteiger charge is 2.44. The molecule has 0 spiro atoms. The number of nitrogens with zero attached hydrogens (tertiary/aromatic N) is 1. The number of nitrogens with one attached hydrogen (secondary N) is 1. The van der Waals surface area contributed by atoms with Crippen molar-refractivity contribution in [2.24, 2.45) is 5.41 Å². The number of allylic oxidation sites excluding steroid dienone is 1. The van der Waals surface area contributed by atoms with Crippen molar-refractivity contribution in [3.63, 3.8) is 0 Å². The van der Waals surface area contributed by atoms with Crippen LogP contribution in [0, 0.1) is 11.2 Å². The highest BCUT2D eigenvalue weighted by Crippen LogP contribution is 2.49. The van der Waals surface area contributed by atoms with E-state index >= 15 is 4.39 Å². The van der Waals surface area contributed by atoms with E-state index in [1.807, 2.05) is 68.4 Å². The molecule has 0 aromatic heterocycles. The number of Topliss-reactive ketones (excluding diaryl/α,β-unsaturated/α-hetero) is 1. The molecule has 1 aliphatic heterocycles. The van der Waals surface area contributed by atoms with Crippen LogP contribution in [0.25, 0.3) is 0 Å². The average molecular weight is 489 g/mol. The van der Waals surface area contributed by atoms with Crippen LogP contribution in [-0.2, 0) is 16.0 Å². The summed E-state index contributed by atoms with van der Waals surface area (Å²) in [5.41, 5.74) is 3.07. The summed E-state index contributed by atoms with van der Waals surface area (Å²) in [6.07, 6.45) is 0.985. The summed E-state index contributed by atoms with van der Waals surface area (Å²) >= 11 is 6.58. The molecule has 3 aromatic carbocycles. The van der Waals surface area contributed by atoms with Crippen molar-refractivity contribution in [3.8, 4) is 0 Å². The van der Waals surface area contributed by atoms with Crippen molar-refractivity contribution in [3.05, 3.63) is 106 Å². The zero-order valence-corrected chi connectivity index (χ0v) is 20.4. The highest BCUT2D eigenvalue weighted by molar-refractivity contribution is 6.31. The van der Waals surface area contributed by atoms with Gasteiger partial charge in [-0.3, -0.25) is 14.5 Å². The topological polar surface area (TPSA) is 49.4 Å². The molecule has 1 N–H and O–H groups in total. The molecule has 35 heavy (non-hydrogen) atoms. The van der Waals surface area contributed by atoms with E-state index < -0.39 is 11.9 Å². The molecular formula is C29H26ClFN2O2. The molecule has 3 aromatic rings. The van der Waals surface area contributed by atoms with E-state index in [0.717, 1.165) is 5.56 Å². The first-order chi connectivity index (χ1) is 16.7. The van der Waals surface area contributed by atoms with Gasteiger partial charge in [0.25, 0.3) is 0 Å². The molecule has 1 heterocycles. The minimum absolute atomic E-state index is 0.0973. The van der Waals surface area contributed by atoms with Gasteiger partial charge in [0.1, 0.15) is 5.82 Å². The summed E-state index contributed by atoms with van der Waals surface area (Å²) in [5.74, 6) is -0.914. The van der Waals surface area contributed by atoms with Crippen molar-refractivity contribution in [1.82, 2.24) is 0 Å². The van der Waals surface area contributed by atoms with Crippen LogP contribution < -0.4 is 10.2 Å². The number of carbonyl (C=O) groups excluding carboxylic acids is 2. The predicted molar refractivity (Wildman–Crippen MR) is 137 cm³/mol. The van der Waals surface area contributed by atoms with Crippen molar-refractivity contribution >= 4 is 34.7 Å². The van der Waals surface area contributed by atoms with Gasteiger partial charge in [-0.25, -0.2) is 4.39 Å². The minimum atomic E-state index is -0.991. The first-order valence-corrected chi connectivity index (χ1v) is 12.1. The second kappa shape index (κ2) is 8.97. The van der Waals surface area contributed by atoms with Crippen LogP contribution in [-0.4, -0.2) is 11.7 Å². The third-order valence-corrected chi connectivity index (χ3v) is 6.97. The van der Waals surface area contributed by atoms with Gasteiger partial charge in [0.15, 0.2) is 5.78 Å². The SMILES string of the molecule is CC1(C)CC(=O)C2=C(C1)Nc1ccccc1N(C(=O)Cc1ccccc1)C2c1c(F)cccc1Cl. The number of halogens is 2. The van der Waals surface area contributed by atoms with E-state index in [-0.39, 0.29) is 34.1 Å². The summed E-state index contributed by atoms with van der Waals surface area (Å²) in [5, 5.41) is 3.61. The van der Waals surface area contributed by atoms with Crippen LogP contribution >= 0.6 is 11.6 Å². The van der Waals surface area contributed by atoms with Gasteiger partial charge in [0.2, 0.25) is 5.91 Å². The Morgan fingerprint density at radius 2 is 1.74 bits per heavy atom. The summed E-state index contributed by atoms with van der Waals surface area (Å²) in [7, 11) is 0. The fourth-order valence-electron chi connectivity index (χ4n) is 5.16. The van der Waals surface area contributed by atoms with Crippen LogP contribution in [0.5, 0.6) is 0 Å². The molecule has 6 heteroatoms. The maximum atomic E-state index is 15.5. The van der Waals surface area contributed by atoms with E-state index in [1.165, 1.54) is 12.1 Å². The lowest BCUT2D eigenvalue weighted by molar-refractivity contribution is -0.119. The Hall–Kier alpha value is -3.44. The fourth-order valence-corrected chi connectivity index (χ4v) is 5.43. The lowest BCUT2D eigenvalue weighted by Crippen LogP contribution is -2.40. The van der Waals surface area contributed by atoms with Crippen molar-refractivity contribution < 1.29 is 14.0 Å². The number of amides is 1. The van der Waals surface area contributed by atoms with Gasteiger partial charge in [-0.15, -0.1) is 0 Å². The zero-order chi connectivity index (χ0) is 24.7. The molecule has 0 bridgehead atoms. The number of hydrogen-bond donors (Lipinski definition) is 1. The Balaban J connectivity index is 1.77. The number of benzene rings is 3. The number of ketones is 1. The standard InChI is InChI=1S/C29H26ClFN2O2/c1-29(2)16-22-27(24(34)17-29)28(26-19(30)11-8-12-20(26)31)33(23-14-7-6-13-21(23)32-22)25(35)15-18-9-4-3-5-10-18/h3-14,28,32H,15-17H2,1-2H3. The van der Waals surface area contributed by atoms with Crippen LogP contribution in [0.15, 0.2) is 84.1 Å². The molecule has 0 fully saturated rings. The summed E-state index contributed by atoms with van der Waals surface area (Å²) in [6.45, 7) is 4.08. The Labute approximate surface area is 209 Å². The van der Waals surface area contributed by atoms with Gasteiger partial charge < -0.3 is 5.32 Å². The molecule has 1 unspecified atom stereocenters. The Kier molecular flexibility index (Phi) is 5.97. The smallest absolute Gasteiger partial charge is 0.232 e. The van der Waals surface area contributed by atoms with Crippen LogP contribution in [0.1, 0.15) is 43.9 Å². The van der Waals surface area contributed by atoms with Gasteiger partial charge in [-0.05, 0) is 41.7 Å². The molecule has 1 aliphatic carbocycles.